The molecule has 0 saturated heterocycles. The van der Waals surface area contributed by atoms with Crippen molar-refractivity contribution in [3.8, 4) is 17.2 Å². The number of pyridine rings is 1. The number of ether oxygens (including phenoxy) is 2. The molecule has 0 bridgehead atoms. The molecule has 4 aromatic rings. The van der Waals surface area contributed by atoms with Crippen LogP contribution in [0.1, 0.15) is 24.3 Å². The number of hydrogen-bond acceptors (Lipinski definition) is 6. The van der Waals surface area contributed by atoms with Gasteiger partial charge in [0.25, 0.3) is 5.91 Å². The van der Waals surface area contributed by atoms with Crippen molar-refractivity contribution >= 4 is 28.6 Å². The van der Waals surface area contributed by atoms with Crippen LogP contribution in [0.2, 0.25) is 0 Å². The smallest absolute Gasteiger partial charge is 0.269 e. The number of carbonyl (C=O) groups is 1. The van der Waals surface area contributed by atoms with Gasteiger partial charge < -0.3 is 24.7 Å². The van der Waals surface area contributed by atoms with E-state index < -0.39 is 0 Å². The first-order chi connectivity index (χ1) is 15.4. The van der Waals surface area contributed by atoms with Gasteiger partial charge in [0.05, 0.1) is 17.1 Å². The van der Waals surface area contributed by atoms with Crippen LogP contribution in [0, 0.1) is 0 Å². The molecule has 0 unspecified atom stereocenters. The van der Waals surface area contributed by atoms with E-state index in [1.54, 1.807) is 25.4 Å². The van der Waals surface area contributed by atoms with Crippen molar-refractivity contribution in [2.75, 3.05) is 12.4 Å². The number of amides is 1. The molecule has 0 spiro atoms. The molecular weight excluding hydrogens is 406 g/mol. The van der Waals surface area contributed by atoms with Crippen LogP contribution < -0.4 is 20.1 Å². The molecule has 0 saturated carbocycles. The highest BCUT2D eigenvalue weighted by Gasteiger charge is 2.11. The van der Waals surface area contributed by atoms with Gasteiger partial charge >= 0.3 is 0 Å². The molecule has 2 aromatic carbocycles. The van der Waals surface area contributed by atoms with Crippen LogP contribution in [0.3, 0.4) is 0 Å². The van der Waals surface area contributed by atoms with Crippen LogP contribution in [-0.4, -0.2) is 33.6 Å². The lowest BCUT2D eigenvalue weighted by Gasteiger charge is -2.11. The van der Waals surface area contributed by atoms with E-state index in [4.69, 9.17) is 14.5 Å². The van der Waals surface area contributed by atoms with Crippen LogP contribution in [0.25, 0.3) is 11.0 Å². The van der Waals surface area contributed by atoms with Gasteiger partial charge in [-0.05, 0) is 44.2 Å². The minimum Gasteiger partial charge on any atom is -0.491 e. The number of nitrogens with zero attached hydrogens (tertiary/aromatic N) is 3. The van der Waals surface area contributed by atoms with Gasteiger partial charge in [-0.2, -0.15) is 0 Å². The minimum absolute atomic E-state index is 0.104. The van der Waals surface area contributed by atoms with Gasteiger partial charge in [-0.1, -0.05) is 6.07 Å². The number of nitrogens with one attached hydrogen (secondary N) is 2. The first-order valence-electron chi connectivity index (χ1n) is 10.3. The quantitative estimate of drug-likeness (QED) is 0.443. The zero-order valence-corrected chi connectivity index (χ0v) is 18.4. The SMILES string of the molecule is CNC(=O)c1cc(Oc2ccc3c(c2)nc(Nc2cccc(OC(C)C)c2)n3C)ccn1. The second-order valence-electron chi connectivity index (χ2n) is 7.52. The van der Waals surface area contributed by atoms with Gasteiger partial charge in [0.15, 0.2) is 0 Å². The Morgan fingerprint density at radius 2 is 1.84 bits per heavy atom. The second-order valence-corrected chi connectivity index (χ2v) is 7.52. The highest BCUT2D eigenvalue weighted by atomic mass is 16.5. The maximum Gasteiger partial charge on any atom is 0.269 e. The lowest BCUT2D eigenvalue weighted by Crippen LogP contribution is -2.18. The fourth-order valence-electron chi connectivity index (χ4n) is 3.27. The fraction of sp³-hybridized carbons (Fsp3) is 0.208. The monoisotopic (exact) mass is 431 g/mol. The van der Waals surface area contributed by atoms with E-state index >= 15 is 0 Å². The molecule has 4 rings (SSSR count). The highest BCUT2D eigenvalue weighted by molar-refractivity contribution is 5.92. The summed E-state index contributed by atoms with van der Waals surface area (Å²) in [5.41, 5.74) is 2.91. The Morgan fingerprint density at radius 3 is 2.62 bits per heavy atom. The number of aryl methyl sites for hydroxylation is 1. The molecule has 1 amide bonds. The molecule has 0 aliphatic carbocycles. The van der Waals surface area contributed by atoms with Crippen molar-refractivity contribution in [1.82, 2.24) is 19.9 Å². The van der Waals surface area contributed by atoms with E-state index in [0.717, 1.165) is 22.5 Å². The summed E-state index contributed by atoms with van der Waals surface area (Å²) >= 11 is 0. The summed E-state index contributed by atoms with van der Waals surface area (Å²) in [6.45, 7) is 3.99. The molecular formula is C24H25N5O3. The number of rotatable bonds is 7. The minimum atomic E-state index is -0.269. The molecule has 2 aromatic heterocycles. The van der Waals surface area contributed by atoms with Crippen molar-refractivity contribution in [3.63, 3.8) is 0 Å². The number of benzene rings is 2. The number of carbonyl (C=O) groups excluding carboxylic acids is 1. The Hall–Kier alpha value is -4.07. The fourth-order valence-corrected chi connectivity index (χ4v) is 3.27. The number of imidazole rings is 1. The number of aromatic nitrogens is 3. The van der Waals surface area contributed by atoms with E-state index in [2.05, 4.69) is 15.6 Å². The number of hydrogen-bond donors (Lipinski definition) is 2. The molecule has 0 aliphatic rings. The van der Waals surface area contributed by atoms with Crippen LogP contribution in [0.15, 0.2) is 60.8 Å². The van der Waals surface area contributed by atoms with E-state index in [0.29, 0.717) is 23.1 Å². The third-order valence-electron chi connectivity index (χ3n) is 4.74. The van der Waals surface area contributed by atoms with Gasteiger partial charge in [0, 0.05) is 44.2 Å². The van der Waals surface area contributed by atoms with Crippen molar-refractivity contribution < 1.29 is 14.3 Å². The van der Waals surface area contributed by atoms with Crippen LogP contribution in [0.4, 0.5) is 11.6 Å². The van der Waals surface area contributed by atoms with E-state index in [-0.39, 0.29) is 12.0 Å². The Labute approximate surface area is 186 Å². The van der Waals surface area contributed by atoms with Gasteiger partial charge in [0.1, 0.15) is 22.9 Å². The van der Waals surface area contributed by atoms with Crippen molar-refractivity contribution in [3.05, 3.63) is 66.5 Å². The summed E-state index contributed by atoms with van der Waals surface area (Å²) in [6, 6.07) is 16.8. The lowest BCUT2D eigenvalue weighted by molar-refractivity contribution is 0.0958. The third-order valence-corrected chi connectivity index (χ3v) is 4.74. The lowest BCUT2D eigenvalue weighted by atomic mass is 10.3. The molecule has 0 atom stereocenters. The first-order valence-corrected chi connectivity index (χ1v) is 10.3. The molecule has 8 heteroatoms. The molecule has 2 heterocycles. The zero-order chi connectivity index (χ0) is 22.7. The standard InChI is InChI=1S/C24H25N5O3/c1-15(2)31-17-7-5-6-16(12-17)27-24-28-20-13-18(8-9-22(20)29(24)4)32-19-10-11-26-21(14-19)23(30)25-3/h5-15H,1-4H3,(H,25,30)(H,27,28). The van der Waals surface area contributed by atoms with Crippen LogP contribution >= 0.6 is 0 Å². The molecule has 0 fully saturated rings. The van der Waals surface area contributed by atoms with Gasteiger partial charge in [-0.15, -0.1) is 0 Å². The Bertz CT molecular complexity index is 1270. The Balaban J connectivity index is 1.57. The largest absolute Gasteiger partial charge is 0.491 e. The third kappa shape index (κ3) is 4.64. The molecule has 0 aliphatic heterocycles. The van der Waals surface area contributed by atoms with Crippen LogP contribution in [0.5, 0.6) is 17.2 Å². The topological polar surface area (TPSA) is 90.3 Å². The van der Waals surface area contributed by atoms with E-state index in [1.807, 2.05) is 67.9 Å². The zero-order valence-electron chi connectivity index (χ0n) is 18.4. The summed E-state index contributed by atoms with van der Waals surface area (Å²) in [5.74, 6) is 2.37. The highest BCUT2D eigenvalue weighted by Crippen LogP contribution is 2.29. The molecule has 0 radical (unpaired) electrons. The predicted molar refractivity (Wildman–Crippen MR) is 124 cm³/mol. The maximum atomic E-state index is 11.8. The average molecular weight is 431 g/mol. The average Bonchev–Trinajstić information content (AvgIpc) is 3.07. The van der Waals surface area contributed by atoms with Crippen molar-refractivity contribution in [2.45, 2.75) is 20.0 Å². The normalized spacial score (nSPS) is 10.9. The summed E-state index contributed by atoms with van der Waals surface area (Å²) in [7, 11) is 3.51. The summed E-state index contributed by atoms with van der Waals surface area (Å²) in [6.07, 6.45) is 1.64. The van der Waals surface area contributed by atoms with Gasteiger partial charge in [-0.3, -0.25) is 9.78 Å². The second kappa shape index (κ2) is 8.97. The molecule has 32 heavy (non-hydrogen) atoms. The van der Waals surface area contributed by atoms with Crippen molar-refractivity contribution in [2.24, 2.45) is 7.05 Å². The Kier molecular flexibility index (Phi) is 5.93. The Morgan fingerprint density at radius 1 is 1.03 bits per heavy atom. The van der Waals surface area contributed by atoms with Gasteiger partial charge in [-0.25, -0.2) is 4.98 Å². The summed E-state index contributed by atoms with van der Waals surface area (Å²) in [4.78, 5) is 20.6. The number of fused-ring (bicyclic) bond motifs is 1. The van der Waals surface area contributed by atoms with E-state index in [9.17, 15) is 4.79 Å². The first kappa shape index (κ1) is 21.2. The summed E-state index contributed by atoms with van der Waals surface area (Å²) in [5, 5.41) is 5.90. The predicted octanol–water partition coefficient (Wildman–Crippen LogP) is 4.65. The molecule has 8 nitrogen and oxygen atoms in total. The summed E-state index contributed by atoms with van der Waals surface area (Å²) < 4.78 is 13.7. The molecule has 164 valence electrons. The molecule has 2 N–H and O–H groups in total. The van der Waals surface area contributed by atoms with E-state index in [1.165, 1.54) is 0 Å². The maximum absolute atomic E-state index is 11.8. The number of anilines is 2. The van der Waals surface area contributed by atoms with Gasteiger partial charge in [0.2, 0.25) is 5.95 Å². The van der Waals surface area contributed by atoms with Crippen molar-refractivity contribution in [1.29, 1.82) is 0 Å². The van der Waals surface area contributed by atoms with Crippen LogP contribution in [-0.2, 0) is 7.05 Å².